The van der Waals surface area contributed by atoms with Crippen molar-refractivity contribution >= 4 is 11.8 Å². The molecule has 0 saturated heterocycles. The average molecular weight is 210 g/mol. The van der Waals surface area contributed by atoms with Crippen LogP contribution in [0.15, 0.2) is 6.20 Å². The lowest BCUT2D eigenvalue weighted by atomic mass is 10.2. The molecule has 0 amide bonds. The Kier molecular flexibility index (Phi) is 3.85. The van der Waals surface area contributed by atoms with Crippen LogP contribution in [0.1, 0.15) is 12.5 Å². The second-order valence-electron chi connectivity index (χ2n) is 3.59. The van der Waals surface area contributed by atoms with E-state index in [1.807, 2.05) is 25.8 Å². The SMILES string of the molecule is CNc1ncc(C)c(N(C)C(C)CO)n1. The average Bonchev–Trinajstić information content (AvgIpc) is 2.27. The molecular weight excluding hydrogens is 192 g/mol. The molecule has 5 heteroatoms. The number of aryl methyl sites for hydroxylation is 1. The maximum absolute atomic E-state index is 9.08. The highest BCUT2D eigenvalue weighted by molar-refractivity contribution is 5.48. The van der Waals surface area contributed by atoms with E-state index < -0.39 is 0 Å². The number of nitrogens with zero attached hydrogens (tertiary/aromatic N) is 3. The number of aromatic nitrogens is 2. The third-order valence-corrected chi connectivity index (χ3v) is 2.43. The Morgan fingerprint density at radius 3 is 2.80 bits per heavy atom. The first-order valence-electron chi connectivity index (χ1n) is 4.95. The number of aliphatic hydroxyl groups excluding tert-OH is 1. The van der Waals surface area contributed by atoms with Crippen LogP contribution in [0.4, 0.5) is 11.8 Å². The Labute approximate surface area is 90.2 Å². The second kappa shape index (κ2) is 4.93. The maximum atomic E-state index is 9.08. The van der Waals surface area contributed by atoms with Gasteiger partial charge < -0.3 is 15.3 Å². The van der Waals surface area contributed by atoms with Gasteiger partial charge in [-0.15, -0.1) is 0 Å². The smallest absolute Gasteiger partial charge is 0.224 e. The molecule has 1 atom stereocenters. The van der Waals surface area contributed by atoms with Gasteiger partial charge in [0, 0.05) is 25.9 Å². The van der Waals surface area contributed by atoms with E-state index in [0.717, 1.165) is 11.4 Å². The molecule has 1 unspecified atom stereocenters. The Bertz CT molecular complexity index is 329. The molecule has 2 N–H and O–H groups in total. The van der Waals surface area contributed by atoms with Crippen LogP contribution in [0.3, 0.4) is 0 Å². The van der Waals surface area contributed by atoms with Crippen molar-refractivity contribution in [2.24, 2.45) is 0 Å². The molecule has 0 spiro atoms. The topological polar surface area (TPSA) is 61.3 Å². The second-order valence-corrected chi connectivity index (χ2v) is 3.59. The van der Waals surface area contributed by atoms with Gasteiger partial charge in [0.15, 0.2) is 0 Å². The summed E-state index contributed by atoms with van der Waals surface area (Å²) in [6, 6.07) is 0.0447. The van der Waals surface area contributed by atoms with Crippen molar-refractivity contribution in [3.63, 3.8) is 0 Å². The Morgan fingerprint density at radius 1 is 1.60 bits per heavy atom. The molecule has 1 rings (SSSR count). The van der Waals surface area contributed by atoms with Gasteiger partial charge in [-0.1, -0.05) is 0 Å². The minimum atomic E-state index is 0.0447. The van der Waals surface area contributed by atoms with Crippen molar-refractivity contribution < 1.29 is 5.11 Å². The summed E-state index contributed by atoms with van der Waals surface area (Å²) in [6.07, 6.45) is 1.77. The zero-order valence-electron chi connectivity index (χ0n) is 9.65. The van der Waals surface area contributed by atoms with Crippen LogP contribution in [-0.2, 0) is 0 Å². The summed E-state index contributed by atoms with van der Waals surface area (Å²) in [5, 5.41) is 12.0. The molecule has 0 bridgehead atoms. The number of aliphatic hydroxyl groups is 1. The van der Waals surface area contributed by atoms with Gasteiger partial charge in [0.1, 0.15) is 5.82 Å². The summed E-state index contributed by atoms with van der Waals surface area (Å²) in [5.41, 5.74) is 0.997. The quantitative estimate of drug-likeness (QED) is 0.764. The summed E-state index contributed by atoms with van der Waals surface area (Å²) in [4.78, 5) is 10.4. The predicted octanol–water partition coefficient (Wildman–Crippen LogP) is 0.644. The molecule has 0 aliphatic carbocycles. The maximum Gasteiger partial charge on any atom is 0.224 e. The van der Waals surface area contributed by atoms with Crippen molar-refractivity contribution in [2.45, 2.75) is 19.9 Å². The van der Waals surface area contributed by atoms with E-state index in [9.17, 15) is 0 Å². The third kappa shape index (κ3) is 2.56. The number of hydrogen-bond donors (Lipinski definition) is 2. The lowest BCUT2D eigenvalue weighted by Gasteiger charge is -2.25. The highest BCUT2D eigenvalue weighted by Crippen LogP contribution is 2.18. The van der Waals surface area contributed by atoms with Crippen molar-refractivity contribution in [3.05, 3.63) is 11.8 Å². The van der Waals surface area contributed by atoms with E-state index >= 15 is 0 Å². The van der Waals surface area contributed by atoms with Crippen LogP contribution >= 0.6 is 0 Å². The minimum absolute atomic E-state index is 0.0447. The summed E-state index contributed by atoms with van der Waals surface area (Å²) in [5.74, 6) is 1.43. The zero-order valence-corrected chi connectivity index (χ0v) is 9.65. The van der Waals surface area contributed by atoms with Gasteiger partial charge in [-0.2, -0.15) is 4.98 Å². The van der Waals surface area contributed by atoms with Gasteiger partial charge in [0.25, 0.3) is 0 Å². The summed E-state index contributed by atoms with van der Waals surface area (Å²) < 4.78 is 0. The molecule has 0 radical (unpaired) electrons. The Balaban J connectivity index is 3.01. The molecule has 1 aromatic heterocycles. The first-order chi connectivity index (χ1) is 7.10. The first-order valence-corrected chi connectivity index (χ1v) is 4.95. The highest BCUT2D eigenvalue weighted by Gasteiger charge is 2.13. The fraction of sp³-hybridized carbons (Fsp3) is 0.600. The molecule has 1 heterocycles. The fourth-order valence-electron chi connectivity index (χ4n) is 1.24. The molecule has 0 aromatic carbocycles. The molecular formula is C10H18N4O. The van der Waals surface area contributed by atoms with Gasteiger partial charge in [-0.3, -0.25) is 0 Å². The van der Waals surface area contributed by atoms with Gasteiger partial charge in [0.05, 0.1) is 12.6 Å². The van der Waals surface area contributed by atoms with Crippen LogP contribution in [-0.4, -0.2) is 41.8 Å². The molecule has 1 aromatic rings. The monoisotopic (exact) mass is 210 g/mol. The normalized spacial score (nSPS) is 12.3. The number of anilines is 2. The molecule has 0 aliphatic heterocycles. The van der Waals surface area contributed by atoms with Crippen LogP contribution in [0.2, 0.25) is 0 Å². The molecule has 84 valence electrons. The lowest BCUT2D eigenvalue weighted by molar-refractivity contribution is 0.269. The van der Waals surface area contributed by atoms with E-state index in [1.165, 1.54) is 0 Å². The Morgan fingerprint density at radius 2 is 2.27 bits per heavy atom. The number of nitrogens with one attached hydrogen (secondary N) is 1. The number of hydrogen-bond acceptors (Lipinski definition) is 5. The largest absolute Gasteiger partial charge is 0.394 e. The van der Waals surface area contributed by atoms with Gasteiger partial charge in [0.2, 0.25) is 5.95 Å². The van der Waals surface area contributed by atoms with E-state index in [4.69, 9.17) is 5.11 Å². The van der Waals surface area contributed by atoms with Gasteiger partial charge in [-0.05, 0) is 13.8 Å². The molecule has 0 fully saturated rings. The fourth-order valence-corrected chi connectivity index (χ4v) is 1.24. The van der Waals surface area contributed by atoms with E-state index in [0.29, 0.717) is 5.95 Å². The number of rotatable bonds is 4. The summed E-state index contributed by atoms with van der Waals surface area (Å²) in [7, 11) is 3.69. The van der Waals surface area contributed by atoms with Crippen LogP contribution in [0.5, 0.6) is 0 Å². The third-order valence-electron chi connectivity index (χ3n) is 2.43. The molecule has 15 heavy (non-hydrogen) atoms. The van der Waals surface area contributed by atoms with Crippen LogP contribution in [0.25, 0.3) is 0 Å². The van der Waals surface area contributed by atoms with E-state index in [2.05, 4.69) is 15.3 Å². The predicted molar refractivity (Wildman–Crippen MR) is 61.3 cm³/mol. The van der Waals surface area contributed by atoms with Crippen molar-refractivity contribution in [3.8, 4) is 0 Å². The molecule has 0 saturated carbocycles. The lowest BCUT2D eigenvalue weighted by Crippen LogP contribution is -2.33. The van der Waals surface area contributed by atoms with Crippen molar-refractivity contribution in [1.82, 2.24) is 9.97 Å². The first kappa shape index (κ1) is 11.7. The van der Waals surface area contributed by atoms with Crippen LogP contribution < -0.4 is 10.2 Å². The number of likely N-dealkylation sites (N-methyl/N-ethyl adjacent to an activating group) is 1. The van der Waals surface area contributed by atoms with E-state index in [1.54, 1.807) is 13.2 Å². The molecule has 5 nitrogen and oxygen atoms in total. The van der Waals surface area contributed by atoms with Gasteiger partial charge >= 0.3 is 0 Å². The molecule has 0 aliphatic rings. The summed E-state index contributed by atoms with van der Waals surface area (Å²) >= 11 is 0. The highest BCUT2D eigenvalue weighted by atomic mass is 16.3. The van der Waals surface area contributed by atoms with Crippen molar-refractivity contribution in [1.29, 1.82) is 0 Å². The Hall–Kier alpha value is -1.36. The standard InChI is InChI=1S/C10H18N4O/c1-7-5-12-10(11-3)13-9(7)14(4)8(2)6-15/h5,8,15H,6H2,1-4H3,(H,11,12,13). The van der Waals surface area contributed by atoms with E-state index in [-0.39, 0.29) is 12.6 Å². The van der Waals surface area contributed by atoms with Crippen molar-refractivity contribution in [2.75, 3.05) is 30.9 Å². The minimum Gasteiger partial charge on any atom is -0.394 e. The zero-order chi connectivity index (χ0) is 11.4. The van der Waals surface area contributed by atoms with Gasteiger partial charge in [-0.25, -0.2) is 4.98 Å². The summed E-state index contributed by atoms with van der Waals surface area (Å²) in [6.45, 7) is 4.00. The van der Waals surface area contributed by atoms with Crippen LogP contribution in [0, 0.1) is 6.92 Å².